The first-order valence-electron chi connectivity index (χ1n) is 8.80. The summed E-state index contributed by atoms with van der Waals surface area (Å²) in [7, 11) is 0. The Labute approximate surface area is 152 Å². The highest BCUT2D eigenvalue weighted by molar-refractivity contribution is 5.93. The maximum absolute atomic E-state index is 12.3. The van der Waals surface area contributed by atoms with Gasteiger partial charge in [0.05, 0.1) is 25.8 Å². The van der Waals surface area contributed by atoms with Gasteiger partial charge >= 0.3 is 0 Å². The molecule has 0 radical (unpaired) electrons. The number of hydrogen-bond donors (Lipinski definition) is 1. The predicted molar refractivity (Wildman–Crippen MR) is 94.7 cm³/mol. The minimum absolute atomic E-state index is 0.194. The van der Waals surface area contributed by atoms with E-state index in [0.717, 1.165) is 24.9 Å². The smallest absolute Gasteiger partial charge is 0.274 e. The Morgan fingerprint density at radius 2 is 2.04 bits per heavy atom. The summed E-state index contributed by atoms with van der Waals surface area (Å²) in [4.78, 5) is 25.8. The summed E-state index contributed by atoms with van der Waals surface area (Å²) in [5, 5.41) is 6.53. The Bertz CT molecular complexity index is 711. The van der Waals surface area contributed by atoms with Crippen molar-refractivity contribution < 1.29 is 18.8 Å². The van der Waals surface area contributed by atoms with Gasteiger partial charge in [0.2, 0.25) is 0 Å². The molecular weight excluding hydrogens is 334 g/mol. The van der Waals surface area contributed by atoms with Crippen LogP contribution >= 0.6 is 0 Å². The van der Waals surface area contributed by atoms with Crippen LogP contribution in [0.15, 0.2) is 40.9 Å². The van der Waals surface area contributed by atoms with Crippen LogP contribution in [0.2, 0.25) is 0 Å². The second kappa shape index (κ2) is 9.26. The fourth-order valence-electron chi connectivity index (χ4n) is 2.86. The number of aromatic nitrogens is 1. The molecule has 0 bridgehead atoms. The third-order valence-electron chi connectivity index (χ3n) is 4.34. The Morgan fingerprint density at radius 1 is 1.27 bits per heavy atom. The van der Waals surface area contributed by atoms with Crippen LogP contribution in [0.25, 0.3) is 0 Å². The van der Waals surface area contributed by atoms with Crippen molar-refractivity contribution in [2.45, 2.75) is 25.4 Å². The van der Waals surface area contributed by atoms with Crippen molar-refractivity contribution in [1.82, 2.24) is 15.4 Å². The Hall–Kier alpha value is -2.51. The van der Waals surface area contributed by atoms with Gasteiger partial charge in [-0.3, -0.25) is 9.69 Å². The number of rotatable bonds is 8. The second-order valence-corrected chi connectivity index (χ2v) is 6.31. The number of morpholine rings is 1. The zero-order valence-electron chi connectivity index (χ0n) is 14.6. The fourth-order valence-corrected chi connectivity index (χ4v) is 2.86. The van der Waals surface area contributed by atoms with E-state index in [1.165, 1.54) is 0 Å². The lowest BCUT2D eigenvalue weighted by atomic mass is 10.1. The Balaban J connectivity index is 1.50. The average Bonchev–Trinajstić information content (AvgIpc) is 3.15. The summed E-state index contributed by atoms with van der Waals surface area (Å²) in [6.07, 6.45) is 2.01. The van der Waals surface area contributed by atoms with Crippen LogP contribution in [-0.2, 0) is 22.5 Å². The highest BCUT2D eigenvalue weighted by Gasteiger charge is 2.19. The summed E-state index contributed by atoms with van der Waals surface area (Å²) in [6.45, 7) is 3.65. The van der Waals surface area contributed by atoms with Gasteiger partial charge in [-0.25, -0.2) is 0 Å². The molecule has 26 heavy (non-hydrogen) atoms. The number of benzene rings is 1. The van der Waals surface area contributed by atoms with Gasteiger partial charge in [-0.05, 0) is 18.4 Å². The van der Waals surface area contributed by atoms with E-state index in [1.807, 2.05) is 30.3 Å². The number of carbonyl (C=O) groups excluding carboxylic acids is 2. The van der Waals surface area contributed by atoms with Crippen molar-refractivity contribution in [3.8, 4) is 0 Å². The summed E-state index contributed by atoms with van der Waals surface area (Å²) in [5.74, 6) is 0.233. The minimum atomic E-state index is -0.554. The van der Waals surface area contributed by atoms with Gasteiger partial charge in [-0.15, -0.1) is 0 Å². The third kappa shape index (κ3) is 5.24. The van der Waals surface area contributed by atoms with Crippen LogP contribution in [0.5, 0.6) is 0 Å². The average molecular weight is 357 g/mol. The van der Waals surface area contributed by atoms with Crippen molar-refractivity contribution >= 4 is 12.2 Å². The molecule has 0 spiro atoms. The van der Waals surface area contributed by atoms with Crippen molar-refractivity contribution in [1.29, 1.82) is 0 Å². The lowest BCUT2D eigenvalue weighted by Gasteiger charge is -2.25. The van der Waals surface area contributed by atoms with Crippen LogP contribution in [0, 0.1) is 0 Å². The molecule has 0 saturated carbocycles. The van der Waals surface area contributed by atoms with Gasteiger partial charge < -0.3 is 19.4 Å². The number of carbonyl (C=O) groups is 2. The molecule has 138 valence electrons. The topological polar surface area (TPSA) is 84.7 Å². The standard InChI is InChI=1S/C19H23N3O4/c23-14-16(7-6-15-4-2-1-3-5-15)20-19(24)18-12-17(26-21-18)13-22-8-10-25-11-9-22/h1-5,12,14,16H,6-11,13H2,(H,20,24). The normalized spacial score (nSPS) is 16.2. The Kier molecular flexibility index (Phi) is 6.51. The number of nitrogens with zero attached hydrogens (tertiary/aromatic N) is 2. The highest BCUT2D eigenvalue weighted by Crippen LogP contribution is 2.10. The van der Waals surface area contributed by atoms with E-state index >= 15 is 0 Å². The molecule has 1 fully saturated rings. The molecule has 1 atom stereocenters. The quantitative estimate of drug-likeness (QED) is 0.720. The number of nitrogens with one attached hydrogen (secondary N) is 1. The van der Waals surface area contributed by atoms with Gasteiger partial charge in [-0.2, -0.15) is 0 Å². The Morgan fingerprint density at radius 3 is 2.77 bits per heavy atom. The molecule has 7 nitrogen and oxygen atoms in total. The molecule has 1 aliphatic heterocycles. The van der Waals surface area contributed by atoms with E-state index in [0.29, 0.717) is 38.4 Å². The van der Waals surface area contributed by atoms with Crippen molar-refractivity contribution in [2.24, 2.45) is 0 Å². The summed E-state index contributed by atoms with van der Waals surface area (Å²) < 4.78 is 10.6. The van der Waals surface area contributed by atoms with Crippen LogP contribution in [0.1, 0.15) is 28.2 Å². The molecule has 3 rings (SSSR count). The molecule has 1 aliphatic rings. The molecule has 1 N–H and O–H groups in total. The number of aldehydes is 1. The minimum Gasteiger partial charge on any atom is -0.379 e. The number of amides is 1. The van der Waals surface area contributed by atoms with Crippen molar-refractivity contribution in [3.05, 3.63) is 53.4 Å². The van der Waals surface area contributed by atoms with Gasteiger partial charge in [-0.1, -0.05) is 35.5 Å². The molecule has 1 aromatic carbocycles. The molecule has 7 heteroatoms. The van der Waals surface area contributed by atoms with Crippen LogP contribution < -0.4 is 5.32 Å². The molecule has 1 amide bonds. The van der Waals surface area contributed by atoms with E-state index in [4.69, 9.17) is 9.26 Å². The largest absolute Gasteiger partial charge is 0.379 e. The summed E-state index contributed by atoms with van der Waals surface area (Å²) in [5.41, 5.74) is 1.32. The van der Waals surface area contributed by atoms with Crippen molar-refractivity contribution in [2.75, 3.05) is 26.3 Å². The molecule has 0 aliphatic carbocycles. The molecule has 1 unspecified atom stereocenters. The van der Waals surface area contributed by atoms with Gasteiger partial charge in [0.1, 0.15) is 6.29 Å². The highest BCUT2D eigenvalue weighted by atomic mass is 16.5. The fraction of sp³-hybridized carbons (Fsp3) is 0.421. The second-order valence-electron chi connectivity index (χ2n) is 6.31. The molecule has 2 heterocycles. The molecular formula is C19H23N3O4. The number of hydrogen-bond acceptors (Lipinski definition) is 6. The van der Waals surface area contributed by atoms with Crippen molar-refractivity contribution in [3.63, 3.8) is 0 Å². The monoisotopic (exact) mass is 357 g/mol. The van der Waals surface area contributed by atoms with Gasteiger partial charge in [0.15, 0.2) is 11.5 Å². The molecule has 2 aromatic rings. The predicted octanol–water partition coefficient (Wildman–Crippen LogP) is 1.44. The zero-order chi connectivity index (χ0) is 18.2. The van der Waals surface area contributed by atoms with E-state index in [1.54, 1.807) is 6.07 Å². The lowest BCUT2D eigenvalue weighted by molar-refractivity contribution is -0.109. The maximum Gasteiger partial charge on any atom is 0.274 e. The van der Waals surface area contributed by atoms with E-state index in [9.17, 15) is 9.59 Å². The third-order valence-corrected chi connectivity index (χ3v) is 4.34. The maximum atomic E-state index is 12.3. The number of ether oxygens (including phenoxy) is 1. The van der Waals surface area contributed by atoms with Crippen LogP contribution in [-0.4, -0.2) is 54.6 Å². The van der Waals surface area contributed by atoms with Gasteiger partial charge in [0, 0.05) is 19.2 Å². The zero-order valence-corrected chi connectivity index (χ0v) is 14.6. The van der Waals surface area contributed by atoms with E-state index in [-0.39, 0.29) is 5.69 Å². The first-order valence-corrected chi connectivity index (χ1v) is 8.80. The first kappa shape index (κ1) is 18.3. The van der Waals surface area contributed by atoms with E-state index < -0.39 is 11.9 Å². The van der Waals surface area contributed by atoms with Crippen LogP contribution in [0.4, 0.5) is 0 Å². The lowest BCUT2D eigenvalue weighted by Crippen LogP contribution is -2.36. The summed E-state index contributed by atoms with van der Waals surface area (Å²) in [6, 6.07) is 10.9. The SMILES string of the molecule is O=CC(CCc1ccccc1)NC(=O)c1cc(CN2CCOCC2)on1. The number of aryl methyl sites for hydroxylation is 1. The summed E-state index contributed by atoms with van der Waals surface area (Å²) >= 11 is 0. The van der Waals surface area contributed by atoms with E-state index in [2.05, 4.69) is 15.4 Å². The first-order chi connectivity index (χ1) is 12.7. The molecule has 1 aromatic heterocycles. The molecule has 1 saturated heterocycles. The van der Waals surface area contributed by atoms with Gasteiger partial charge in [0.25, 0.3) is 5.91 Å². The van der Waals surface area contributed by atoms with Crippen LogP contribution in [0.3, 0.4) is 0 Å².